The van der Waals surface area contributed by atoms with Crippen molar-refractivity contribution >= 4 is 0 Å². The van der Waals surface area contributed by atoms with Crippen LogP contribution in [0.15, 0.2) is 42.7 Å². The van der Waals surface area contributed by atoms with Gasteiger partial charge >= 0.3 is 0 Å². The van der Waals surface area contributed by atoms with Gasteiger partial charge in [0.15, 0.2) is 0 Å². The van der Waals surface area contributed by atoms with Crippen LogP contribution in [0.5, 0.6) is 0 Å². The lowest BCUT2D eigenvalue weighted by Gasteiger charge is -2.25. The van der Waals surface area contributed by atoms with Crippen molar-refractivity contribution in [1.82, 2.24) is 10.3 Å². The van der Waals surface area contributed by atoms with Gasteiger partial charge in [-0.2, -0.15) is 0 Å². The molecule has 2 nitrogen and oxygen atoms in total. The lowest BCUT2D eigenvalue weighted by molar-refractivity contribution is 0.457. The third kappa shape index (κ3) is 2.85. The molecule has 3 rings (SSSR count). The normalized spacial score (nSPS) is 18.1. The summed E-state index contributed by atoms with van der Waals surface area (Å²) in [4.78, 5) is 4.21. The average Bonchev–Trinajstić information content (AvgIpc) is 2.46. The Bertz CT molecular complexity index is 563. The largest absolute Gasteiger partial charge is 0.310 e. The van der Waals surface area contributed by atoms with E-state index in [1.807, 2.05) is 12.4 Å². The van der Waals surface area contributed by atoms with Crippen LogP contribution in [0.3, 0.4) is 0 Å². The highest BCUT2D eigenvalue weighted by molar-refractivity contribution is 5.30. The maximum atomic E-state index is 4.21. The minimum Gasteiger partial charge on any atom is -0.310 e. The van der Waals surface area contributed by atoms with Crippen LogP contribution in [0.4, 0.5) is 0 Å². The SMILES string of the molecule is Cc1ccncc1CNC1CCc2ccccc2C1. The highest BCUT2D eigenvalue weighted by atomic mass is 14.9. The van der Waals surface area contributed by atoms with E-state index in [0.717, 1.165) is 13.0 Å². The van der Waals surface area contributed by atoms with Crippen molar-refractivity contribution in [3.05, 3.63) is 65.0 Å². The number of rotatable bonds is 3. The highest BCUT2D eigenvalue weighted by Gasteiger charge is 2.17. The average molecular weight is 252 g/mol. The van der Waals surface area contributed by atoms with Gasteiger partial charge in [0.05, 0.1) is 0 Å². The Morgan fingerprint density at radius 1 is 1.21 bits per heavy atom. The van der Waals surface area contributed by atoms with E-state index >= 15 is 0 Å². The minimum absolute atomic E-state index is 0.592. The Labute approximate surface area is 114 Å². The van der Waals surface area contributed by atoms with Gasteiger partial charge in [-0.15, -0.1) is 0 Å². The van der Waals surface area contributed by atoms with Crippen LogP contribution in [-0.4, -0.2) is 11.0 Å². The predicted octanol–water partition coefficient (Wildman–Crippen LogP) is 3.04. The Balaban J connectivity index is 1.62. The quantitative estimate of drug-likeness (QED) is 0.908. The van der Waals surface area contributed by atoms with E-state index in [9.17, 15) is 0 Å². The first kappa shape index (κ1) is 12.4. The summed E-state index contributed by atoms with van der Waals surface area (Å²) in [5.41, 5.74) is 5.66. The van der Waals surface area contributed by atoms with Gasteiger partial charge in [0.25, 0.3) is 0 Å². The van der Waals surface area contributed by atoms with Crippen molar-refractivity contribution in [2.75, 3.05) is 0 Å². The van der Waals surface area contributed by atoms with Crippen molar-refractivity contribution in [3.63, 3.8) is 0 Å². The molecule has 0 spiro atoms. The number of benzene rings is 1. The molecule has 1 unspecified atom stereocenters. The van der Waals surface area contributed by atoms with Gasteiger partial charge in [0, 0.05) is 25.0 Å². The van der Waals surface area contributed by atoms with Gasteiger partial charge < -0.3 is 5.32 Å². The first-order chi connectivity index (χ1) is 9.33. The van der Waals surface area contributed by atoms with E-state index in [1.165, 1.54) is 35.1 Å². The number of pyridine rings is 1. The molecule has 2 heteroatoms. The number of aryl methyl sites for hydroxylation is 2. The van der Waals surface area contributed by atoms with E-state index < -0.39 is 0 Å². The summed E-state index contributed by atoms with van der Waals surface area (Å²) < 4.78 is 0. The zero-order valence-corrected chi connectivity index (χ0v) is 11.4. The second-order valence-corrected chi connectivity index (χ2v) is 5.39. The van der Waals surface area contributed by atoms with Crippen LogP contribution < -0.4 is 5.32 Å². The van der Waals surface area contributed by atoms with Gasteiger partial charge in [-0.3, -0.25) is 4.98 Å². The molecule has 0 saturated heterocycles. The fourth-order valence-corrected chi connectivity index (χ4v) is 2.81. The Hall–Kier alpha value is -1.67. The summed E-state index contributed by atoms with van der Waals surface area (Å²) in [6.07, 6.45) is 7.40. The molecule has 0 amide bonds. The summed E-state index contributed by atoms with van der Waals surface area (Å²) in [7, 11) is 0. The fourth-order valence-electron chi connectivity index (χ4n) is 2.81. The van der Waals surface area contributed by atoms with Crippen molar-refractivity contribution in [2.45, 2.75) is 38.8 Å². The zero-order valence-electron chi connectivity index (χ0n) is 11.4. The Morgan fingerprint density at radius 3 is 2.89 bits per heavy atom. The molecule has 1 aromatic carbocycles. The maximum absolute atomic E-state index is 4.21. The van der Waals surface area contributed by atoms with Crippen LogP contribution in [0, 0.1) is 6.92 Å². The van der Waals surface area contributed by atoms with E-state index in [4.69, 9.17) is 0 Å². The molecule has 0 radical (unpaired) electrons. The van der Waals surface area contributed by atoms with Gasteiger partial charge in [-0.25, -0.2) is 0 Å². The van der Waals surface area contributed by atoms with Crippen LogP contribution in [0.1, 0.15) is 28.7 Å². The van der Waals surface area contributed by atoms with Crippen molar-refractivity contribution in [2.24, 2.45) is 0 Å². The number of aromatic nitrogens is 1. The molecular formula is C17H20N2. The molecule has 19 heavy (non-hydrogen) atoms. The smallest absolute Gasteiger partial charge is 0.0315 e. The summed E-state index contributed by atoms with van der Waals surface area (Å²) in [6.45, 7) is 3.07. The molecule has 1 atom stereocenters. The molecule has 1 heterocycles. The van der Waals surface area contributed by atoms with Crippen LogP contribution in [0.25, 0.3) is 0 Å². The van der Waals surface area contributed by atoms with Crippen molar-refractivity contribution in [1.29, 1.82) is 0 Å². The summed E-state index contributed by atoms with van der Waals surface area (Å²) in [6, 6.07) is 11.5. The van der Waals surface area contributed by atoms with Gasteiger partial charge in [-0.05, 0) is 54.5 Å². The number of nitrogens with one attached hydrogen (secondary N) is 1. The number of fused-ring (bicyclic) bond motifs is 1. The zero-order chi connectivity index (χ0) is 13.1. The van der Waals surface area contributed by atoms with Crippen molar-refractivity contribution in [3.8, 4) is 0 Å². The molecule has 0 bridgehead atoms. The van der Waals surface area contributed by atoms with Crippen LogP contribution in [0.2, 0.25) is 0 Å². The number of hydrogen-bond donors (Lipinski definition) is 1. The third-order valence-corrected chi connectivity index (χ3v) is 4.08. The maximum Gasteiger partial charge on any atom is 0.0315 e. The minimum atomic E-state index is 0.592. The first-order valence-corrected chi connectivity index (χ1v) is 7.02. The highest BCUT2D eigenvalue weighted by Crippen LogP contribution is 2.21. The Kier molecular flexibility index (Phi) is 3.60. The van der Waals surface area contributed by atoms with Crippen LogP contribution in [-0.2, 0) is 19.4 Å². The van der Waals surface area contributed by atoms with Crippen LogP contribution >= 0.6 is 0 Å². The molecule has 1 aliphatic carbocycles. The van der Waals surface area contributed by atoms with E-state index in [-0.39, 0.29) is 0 Å². The van der Waals surface area contributed by atoms with E-state index in [0.29, 0.717) is 6.04 Å². The molecule has 1 aliphatic rings. The van der Waals surface area contributed by atoms with Crippen molar-refractivity contribution < 1.29 is 0 Å². The monoisotopic (exact) mass is 252 g/mol. The molecule has 1 N–H and O–H groups in total. The first-order valence-electron chi connectivity index (χ1n) is 7.02. The predicted molar refractivity (Wildman–Crippen MR) is 78.1 cm³/mol. The lowest BCUT2D eigenvalue weighted by Crippen LogP contribution is -2.34. The standard InChI is InChI=1S/C17H20N2/c1-13-8-9-18-11-16(13)12-19-17-7-6-14-4-2-3-5-15(14)10-17/h2-5,8-9,11,17,19H,6-7,10,12H2,1H3. The van der Waals surface area contributed by atoms with Gasteiger partial charge in [0.2, 0.25) is 0 Å². The fraction of sp³-hybridized carbons (Fsp3) is 0.353. The molecule has 0 saturated carbocycles. The second-order valence-electron chi connectivity index (χ2n) is 5.39. The summed E-state index contributed by atoms with van der Waals surface area (Å²) >= 11 is 0. The molecule has 0 fully saturated rings. The molecule has 2 aromatic rings. The van der Waals surface area contributed by atoms with Gasteiger partial charge in [-0.1, -0.05) is 24.3 Å². The molecule has 98 valence electrons. The molecule has 1 aromatic heterocycles. The van der Waals surface area contributed by atoms with E-state index in [1.54, 1.807) is 0 Å². The second kappa shape index (κ2) is 5.54. The molecule has 0 aliphatic heterocycles. The number of hydrogen-bond acceptors (Lipinski definition) is 2. The Morgan fingerprint density at radius 2 is 2.05 bits per heavy atom. The van der Waals surface area contributed by atoms with Gasteiger partial charge in [0.1, 0.15) is 0 Å². The summed E-state index contributed by atoms with van der Waals surface area (Å²) in [5, 5.41) is 3.68. The topological polar surface area (TPSA) is 24.9 Å². The number of nitrogens with zero attached hydrogens (tertiary/aromatic N) is 1. The molecular weight excluding hydrogens is 232 g/mol. The lowest BCUT2D eigenvalue weighted by atomic mass is 9.88. The van der Waals surface area contributed by atoms with E-state index in [2.05, 4.69) is 47.6 Å². The summed E-state index contributed by atoms with van der Waals surface area (Å²) in [5.74, 6) is 0. The third-order valence-electron chi connectivity index (χ3n) is 4.08.